The van der Waals surface area contributed by atoms with Crippen molar-refractivity contribution in [3.05, 3.63) is 52.1 Å². The summed E-state index contributed by atoms with van der Waals surface area (Å²) in [4.78, 5) is 4.15. The van der Waals surface area contributed by atoms with Gasteiger partial charge in [0.15, 0.2) is 11.6 Å². The summed E-state index contributed by atoms with van der Waals surface area (Å²) in [6, 6.07) is 5.03. The Morgan fingerprint density at radius 1 is 1.29 bits per heavy atom. The first-order valence-electron chi connectivity index (χ1n) is 6.58. The summed E-state index contributed by atoms with van der Waals surface area (Å²) in [5, 5.41) is 3.23. The molecule has 0 aliphatic carbocycles. The number of nitrogens with zero attached hydrogens (tertiary/aromatic N) is 1. The van der Waals surface area contributed by atoms with Crippen molar-refractivity contribution in [2.24, 2.45) is 0 Å². The van der Waals surface area contributed by atoms with Gasteiger partial charge in [-0.25, -0.2) is 13.8 Å². The minimum Gasteiger partial charge on any atom is -0.436 e. The van der Waals surface area contributed by atoms with E-state index in [0.29, 0.717) is 12.4 Å². The highest BCUT2D eigenvalue weighted by Crippen LogP contribution is 2.27. The van der Waals surface area contributed by atoms with Crippen LogP contribution in [-0.2, 0) is 6.54 Å². The maximum atomic E-state index is 13.6. The molecule has 0 saturated heterocycles. The summed E-state index contributed by atoms with van der Waals surface area (Å²) in [5.41, 5.74) is 0.793. The molecule has 6 heteroatoms. The number of hydrogen-bond donors (Lipinski definition) is 1. The van der Waals surface area contributed by atoms with Gasteiger partial charge in [-0.2, -0.15) is 0 Å². The fourth-order valence-electron chi connectivity index (χ4n) is 1.75. The Morgan fingerprint density at radius 3 is 2.81 bits per heavy atom. The van der Waals surface area contributed by atoms with Crippen molar-refractivity contribution in [2.75, 3.05) is 6.54 Å². The predicted octanol–water partition coefficient (Wildman–Crippen LogP) is 4.41. The van der Waals surface area contributed by atoms with Crippen molar-refractivity contribution in [3.63, 3.8) is 0 Å². The summed E-state index contributed by atoms with van der Waals surface area (Å²) in [7, 11) is 0. The Morgan fingerprint density at radius 2 is 2.10 bits per heavy atom. The van der Waals surface area contributed by atoms with Crippen LogP contribution in [0.5, 0.6) is 11.6 Å². The van der Waals surface area contributed by atoms with E-state index in [9.17, 15) is 8.78 Å². The molecule has 0 bridgehead atoms. The Kier molecular flexibility index (Phi) is 5.64. The molecular weight excluding hydrogens is 342 g/mol. The van der Waals surface area contributed by atoms with Gasteiger partial charge in [-0.05, 0) is 47.1 Å². The SMILES string of the molecule is CCCNCc1cc(Br)cnc1Oc1ccc(F)cc1F. The zero-order valence-electron chi connectivity index (χ0n) is 11.5. The first-order chi connectivity index (χ1) is 10.1. The van der Waals surface area contributed by atoms with Crippen LogP contribution in [0.4, 0.5) is 8.78 Å². The predicted molar refractivity (Wildman–Crippen MR) is 80.4 cm³/mol. The Bertz CT molecular complexity index is 623. The van der Waals surface area contributed by atoms with Gasteiger partial charge >= 0.3 is 0 Å². The Labute approximate surface area is 130 Å². The summed E-state index contributed by atoms with van der Waals surface area (Å²) in [6.07, 6.45) is 2.57. The lowest BCUT2D eigenvalue weighted by atomic mass is 10.2. The van der Waals surface area contributed by atoms with Crippen LogP contribution in [0.3, 0.4) is 0 Å². The molecule has 1 aromatic heterocycles. The lowest BCUT2D eigenvalue weighted by Gasteiger charge is -2.11. The molecule has 0 aliphatic heterocycles. The molecule has 0 radical (unpaired) electrons. The lowest BCUT2D eigenvalue weighted by molar-refractivity contribution is 0.417. The summed E-state index contributed by atoms with van der Waals surface area (Å²) >= 11 is 3.35. The number of halogens is 3. The Balaban J connectivity index is 2.22. The number of hydrogen-bond acceptors (Lipinski definition) is 3. The summed E-state index contributed by atoms with van der Waals surface area (Å²) in [5.74, 6) is -1.16. The molecule has 0 unspecified atom stereocenters. The van der Waals surface area contributed by atoms with Crippen LogP contribution < -0.4 is 10.1 Å². The number of pyridine rings is 1. The maximum absolute atomic E-state index is 13.6. The van der Waals surface area contributed by atoms with Crippen molar-refractivity contribution in [3.8, 4) is 11.6 Å². The molecule has 2 aromatic rings. The molecule has 3 nitrogen and oxygen atoms in total. The first kappa shape index (κ1) is 15.9. The van der Waals surface area contributed by atoms with Crippen LogP contribution in [0.15, 0.2) is 34.9 Å². The van der Waals surface area contributed by atoms with E-state index in [1.807, 2.05) is 6.07 Å². The van der Waals surface area contributed by atoms with Crippen molar-refractivity contribution in [2.45, 2.75) is 19.9 Å². The molecule has 0 atom stereocenters. The van der Waals surface area contributed by atoms with Gasteiger partial charge in [0.1, 0.15) is 5.82 Å². The molecule has 0 spiro atoms. The quantitative estimate of drug-likeness (QED) is 0.778. The third kappa shape index (κ3) is 4.47. The molecule has 0 saturated carbocycles. The van der Waals surface area contributed by atoms with Gasteiger partial charge in [-0.1, -0.05) is 6.92 Å². The van der Waals surface area contributed by atoms with Gasteiger partial charge in [-0.3, -0.25) is 0 Å². The van der Waals surface area contributed by atoms with Gasteiger partial charge in [0.05, 0.1) is 0 Å². The molecule has 1 heterocycles. The van der Waals surface area contributed by atoms with E-state index in [-0.39, 0.29) is 5.75 Å². The van der Waals surface area contributed by atoms with Gasteiger partial charge in [0.2, 0.25) is 5.88 Å². The number of rotatable bonds is 6. The fourth-order valence-corrected chi connectivity index (χ4v) is 2.13. The molecular formula is C15H15BrF2N2O. The minimum absolute atomic E-state index is 0.0528. The molecule has 21 heavy (non-hydrogen) atoms. The van der Waals surface area contributed by atoms with E-state index in [2.05, 4.69) is 33.2 Å². The smallest absolute Gasteiger partial charge is 0.223 e. The molecule has 0 aliphatic rings. The van der Waals surface area contributed by atoms with Crippen LogP contribution in [-0.4, -0.2) is 11.5 Å². The largest absolute Gasteiger partial charge is 0.436 e. The highest BCUT2D eigenvalue weighted by molar-refractivity contribution is 9.10. The van der Waals surface area contributed by atoms with E-state index in [0.717, 1.165) is 35.1 Å². The third-order valence-corrected chi connectivity index (χ3v) is 3.17. The van der Waals surface area contributed by atoms with Gasteiger partial charge in [0.25, 0.3) is 0 Å². The fraction of sp³-hybridized carbons (Fsp3) is 0.267. The topological polar surface area (TPSA) is 34.2 Å². The van der Waals surface area contributed by atoms with E-state index in [1.54, 1.807) is 6.20 Å². The van der Waals surface area contributed by atoms with Gasteiger partial charge in [0, 0.05) is 28.8 Å². The molecule has 112 valence electrons. The standard InChI is InChI=1S/C15H15BrF2N2O/c1-2-5-19-8-10-6-11(16)9-20-15(10)21-14-4-3-12(17)7-13(14)18/h3-4,6-7,9,19H,2,5,8H2,1H3. The molecule has 1 N–H and O–H groups in total. The van der Waals surface area contributed by atoms with Crippen molar-refractivity contribution in [1.82, 2.24) is 10.3 Å². The van der Waals surface area contributed by atoms with Crippen LogP contribution >= 0.6 is 15.9 Å². The van der Waals surface area contributed by atoms with Crippen LogP contribution in [0.2, 0.25) is 0 Å². The lowest BCUT2D eigenvalue weighted by Crippen LogP contribution is -2.14. The average molecular weight is 357 g/mol. The monoisotopic (exact) mass is 356 g/mol. The van der Waals surface area contributed by atoms with Gasteiger partial charge < -0.3 is 10.1 Å². The molecule has 2 rings (SSSR count). The maximum Gasteiger partial charge on any atom is 0.223 e. The average Bonchev–Trinajstić information content (AvgIpc) is 2.44. The number of aromatic nitrogens is 1. The van der Waals surface area contributed by atoms with Gasteiger partial charge in [-0.15, -0.1) is 0 Å². The summed E-state index contributed by atoms with van der Waals surface area (Å²) in [6.45, 7) is 3.48. The molecule has 0 amide bonds. The second-order valence-corrected chi connectivity index (χ2v) is 5.39. The molecule has 1 aromatic carbocycles. The number of ether oxygens (including phenoxy) is 1. The second kappa shape index (κ2) is 7.47. The first-order valence-corrected chi connectivity index (χ1v) is 7.37. The minimum atomic E-state index is -0.757. The zero-order chi connectivity index (χ0) is 15.2. The highest BCUT2D eigenvalue weighted by atomic mass is 79.9. The van der Waals surface area contributed by atoms with Crippen molar-refractivity contribution < 1.29 is 13.5 Å². The highest BCUT2D eigenvalue weighted by Gasteiger charge is 2.11. The zero-order valence-corrected chi connectivity index (χ0v) is 13.1. The third-order valence-electron chi connectivity index (χ3n) is 2.73. The summed E-state index contributed by atoms with van der Waals surface area (Å²) < 4.78 is 32.8. The number of benzene rings is 1. The van der Waals surface area contributed by atoms with Crippen LogP contribution in [0, 0.1) is 11.6 Å². The Hall–Kier alpha value is -1.53. The number of nitrogens with one attached hydrogen (secondary N) is 1. The molecule has 0 fully saturated rings. The van der Waals surface area contributed by atoms with E-state index >= 15 is 0 Å². The van der Waals surface area contributed by atoms with Crippen molar-refractivity contribution in [1.29, 1.82) is 0 Å². The van der Waals surface area contributed by atoms with E-state index in [1.165, 1.54) is 6.07 Å². The van der Waals surface area contributed by atoms with Crippen molar-refractivity contribution >= 4 is 15.9 Å². The van der Waals surface area contributed by atoms with Crippen LogP contribution in [0.25, 0.3) is 0 Å². The second-order valence-electron chi connectivity index (χ2n) is 4.47. The van der Waals surface area contributed by atoms with Crippen LogP contribution in [0.1, 0.15) is 18.9 Å². The van der Waals surface area contributed by atoms with E-state index < -0.39 is 11.6 Å². The normalized spacial score (nSPS) is 10.7. The van der Waals surface area contributed by atoms with E-state index in [4.69, 9.17) is 4.74 Å².